The lowest BCUT2D eigenvalue weighted by atomic mass is 10.1. The second kappa shape index (κ2) is 6.37. The summed E-state index contributed by atoms with van der Waals surface area (Å²) in [6.07, 6.45) is 3.16. The van der Waals surface area contributed by atoms with Crippen LogP contribution in [0.15, 0.2) is 0 Å². The van der Waals surface area contributed by atoms with E-state index in [1.165, 1.54) is 0 Å². The standard InChI is InChI=1S/C7H15ClO/c1-7(6-8)4-2-3-5-9/h7,9H,2-6H2,1H3. The summed E-state index contributed by atoms with van der Waals surface area (Å²) < 4.78 is 0. The molecule has 0 spiro atoms. The Balaban J connectivity index is 2.88. The van der Waals surface area contributed by atoms with Gasteiger partial charge in [-0.3, -0.25) is 0 Å². The largest absolute Gasteiger partial charge is 0.396 e. The van der Waals surface area contributed by atoms with E-state index in [0.717, 1.165) is 25.1 Å². The van der Waals surface area contributed by atoms with Gasteiger partial charge in [-0.15, -0.1) is 11.6 Å². The fourth-order valence-electron chi connectivity index (χ4n) is 0.682. The molecule has 0 heterocycles. The van der Waals surface area contributed by atoms with Crippen molar-refractivity contribution in [2.45, 2.75) is 26.2 Å². The van der Waals surface area contributed by atoms with Gasteiger partial charge in [-0.05, 0) is 18.8 Å². The van der Waals surface area contributed by atoms with Crippen LogP contribution in [0.5, 0.6) is 0 Å². The molecule has 1 unspecified atom stereocenters. The average Bonchev–Trinajstić information content (AvgIpc) is 1.89. The van der Waals surface area contributed by atoms with Crippen LogP contribution >= 0.6 is 11.6 Å². The summed E-state index contributed by atoms with van der Waals surface area (Å²) in [5.74, 6) is 1.35. The normalized spacial score (nSPS) is 13.7. The van der Waals surface area contributed by atoms with E-state index in [4.69, 9.17) is 16.7 Å². The van der Waals surface area contributed by atoms with E-state index in [1.807, 2.05) is 0 Å². The minimum Gasteiger partial charge on any atom is -0.396 e. The highest BCUT2D eigenvalue weighted by atomic mass is 35.5. The van der Waals surface area contributed by atoms with Gasteiger partial charge in [-0.2, -0.15) is 0 Å². The van der Waals surface area contributed by atoms with E-state index in [9.17, 15) is 0 Å². The zero-order chi connectivity index (χ0) is 7.11. The van der Waals surface area contributed by atoms with Gasteiger partial charge in [0.1, 0.15) is 0 Å². The fourth-order valence-corrected chi connectivity index (χ4v) is 0.836. The molecule has 9 heavy (non-hydrogen) atoms. The molecule has 0 aromatic rings. The molecule has 1 nitrogen and oxygen atoms in total. The Kier molecular flexibility index (Phi) is 6.55. The van der Waals surface area contributed by atoms with Crippen molar-refractivity contribution in [1.29, 1.82) is 0 Å². The van der Waals surface area contributed by atoms with Crippen molar-refractivity contribution >= 4 is 11.6 Å². The first-order valence-electron chi connectivity index (χ1n) is 3.48. The van der Waals surface area contributed by atoms with Crippen molar-refractivity contribution < 1.29 is 5.11 Å². The van der Waals surface area contributed by atoms with Crippen LogP contribution in [0.1, 0.15) is 26.2 Å². The second-order valence-corrected chi connectivity index (χ2v) is 2.79. The first-order chi connectivity index (χ1) is 4.31. The van der Waals surface area contributed by atoms with Crippen molar-refractivity contribution in [3.05, 3.63) is 0 Å². The molecule has 0 aromatic heterocycles. The van der Waals surface area contributed by atoms with Gasteiger partial charge in [0.2, 0.25) is 0 Å². The summed E-state index contributed by atoms with van der Waals surface area (Å²) in [6.45, 7) is 2.44. The molecular formula is C7H15ClO. The van der Waals surface area contributed by atoms with Crippen LogP contribution in [-0.4, -0.2) is 17.6 Å². The van der Waals surface area contributed by atoms with E-state index in [-0.39, 0.29) is 0 Å². The highest BCUT2D eigenvalue weighted by Gasteiger charge is 1.97. The van der Waals surface area contributed by atoms with Crippen LogP contribution in [0.4, 0.5) is 0 Å². The smallest absolute Gasteiger partial charge is 0.0431 e. The molecule has 0 rings (SSSR count). The predicted octanol–water partition coefficient (Wildman–Crippen LogP) is 2.02. The van der Waals surface area contributed by atoms with Gasteiger partial charge in [-0.1, -0.05) is 13.3 Å². The number of aliphatic hydroxyl groups excluding tert-OH is 1. The van der Waals surface area contributed by atoms with Crippen molar-refractivity contribution in [3.63, 3.8) is 0 Å². The first-order valence-corrected chi connectivity index (χ1v) is 4.01. The predicted molar refractivity (Wildman–Crippen MR) is 40.8 cm³/mol. The Bertz CT molecular complexity index is 56.9. The van der Waals surface area contributed by atoms with Gasteiger partial charge in [0.05, 0.1) is 0 Å². The molecule has 56 valence electrons. The molecule has 0 amide bonds. The molecule has 1 atom stereocenters. The van der Waals surface area contributed by atoms with Gasteiger partial charge in [0.25, 0.3) is 0 Å². The SMILES string of the molecule is CC(CCl)CCCCO. The summed E-state index contributed by atoms with van der Waals surface area (Å²) in [5, 5.41) is 8.42. The maximum Gasteiger partial charge on any atom is 0.0431 e. The summed E-state index contributed by atoms with van der Waals surface area (Å²) in [7, 11) is 0. The Morgan fingerprint density at radius 1 is 1.44 bits per heavy atom. The molecule has 0 bridgehead atoms. The van der Waals surface area contributed by atoms with Crippen molar-refractivity contribution in [1.82, 2.24) is 0 Å². The lowest BCUT2D eigenvalue weighted by Crippen LogP contribution is -1.96. The minimum atomic E-state index is 0.314. The number of rotatable bonds is 5. The Morgan fingerprint density at radius 2 is 2.11 bits per heavy atom. The van der Waals surface area contributed by atoms with Crippen molar-refractivity contribution in [2.75, 3.05) is 12.5 Å². The first kappa shape index (κ1) is 9.25. The maximum atomic E-state index is 8.42. The number of alkyl halides is 1. The summed E-state index contributed by atoms with van der Waals surface area (Å²) in [6, 6.07) is 0. The zero-order valence-electron chi connectivity index (χ0n) is 5.94. The third kappa shape index (κ3) is 6.13. The van der Waals surface area contributed by atoms with E-state index >= 15 is 0 Å². The van der Waals surface area contributed by atoms with Crippen LogP contribution < -0.4 is 0 Å². The summed E-state index contributed by atoms with van der Waals surface area (Å²) in [4.78, 5) is 0. The molecule has 0 fully saturated rings. The number of aliphatic hydroxyl groups is 1. The molecule has 0 radical (unpaired) electrons. The molecule has 0 aromatic carbocycles. The van der Waals surface area contributed by atoms with Crippen molar-refractivity contribution in [3.8, 4) is 0 Å². The number of halogens is 1. The summed E-state index contributed by atoms with van der Waals surface area (Å²) in [5.41, 5.74) is 0. The highest BCUT2D eigenvalue weighted by Crippen LogP contribution is 2.08. The monoisotopic (exact) mass is 150 g/mol. The number of unbranched alkanes of at least 4 members (excludes halogenated alkanes) is 1. The van der Waals surface area contributed by atoms with Gasteiger partial charge in [-0.25, -0.2) is 0 Å². The average molecular weight is 151 g/mol. The minimum absolute atomic E-state index is 0.314. The lowest BCUT2D eigenvalue weighted by molar-refractivity contribution is 0.280. The van der Waals surface area contributed by atoms with E-state index in [0.29, 0.717) is 12.5 Å². The Labute approximate surface area is 62.0 Å². The van der Waals surface area contributed by atoms with Gasteiger partial charge >= 0.3 is 0 Å². The van der Waals surface area contributed by atoms with Crippen LogP contribution in [0, 0.1) is 5.92 Å². The van der Waals surface area contributed by atoms with Gasteiger partial charge in [0, 0.05) is 12.5 Å². The second-order valence-electron chi connectivity index (χ2n) is 2.48. The van der Waals surface area contributed by atoms with Gasteiger partial charge < -0.3 is 5.11 Å². The third-order valence-corrected chi connectivity index (χ3v) is 1.90. The Hall–Kier alpha value is 0.250. The lowest BCUT2D eigenvalue weighted by Gasteiger charge is -2.04. The molecule has 2 heteroatoms. The number of hydrogen-bond acceptors (Lipinski definition) is 1. The topological polar surface area (TPSA) is 20.2 Å². The summed E-state index contributed by atoms with van der Waals surface area (Å²) >= 11 is 5.57. The quantitative estimate of drug-likeness (QED) is 0.470. The van der Waals surface area contributed by atoms with Crippen LogP contribution in [0.2, 0.25) is 0 Å². The molecule has 0 aliphatic carbocycles. The fraction of sp³-hybridized carbons (Fsp3) is 1.00. The maximum absolute atomic E-state index is 8.42. The van der Waals surface area contributed by atoms with Crippen LogP contribution in [0.3, 0.4) is 0 Å². The van der Waals surface area contributed by atoms with E-state index in [2.05, 4.69) is 6.92 Å². The molecular weight excluding hydrogens is 136 g/mol. The number of hydrogen-bond donors (Lipinski definition) is 1. The molecule has 0 saturated heterocycles. The van der Waals surface area contributed by atoms with Gasteiger partial charge in [0.15, 0.2) is 0 Å². The van der Waals surface area contributed by atoms with Crippen LogP contribution in [-0.2, 0) is 0 Å². The zero-order valence-corrected chi connectivity index (χ0v) is 6.69. The van der Waals surface area contributed by atoms with E-state index in [1.54, 1.807) is 0 Å². The highest BCUT2D eigenvalue weighted by molar-refractivity contribution is 6.18. The molecule has 0 aliphatic rings. The Morgan fingerprint density at radius 3 is 2.56 bits per heavy atom. The van der Waals surface area contributed by atoms with Crippen molar-refractivity contribution in [2.24, 2.45) is 5.92 Å². The van der Waals surface area contributed by atoms with Crippen LogP contribution in [0.25, 0.3) is 0 Å². The molecule has 0 saturated carbocycles. The third-order valence-electron chi connectivity index (χ3n) is 1.37. The molecule has 0 aliphatic heterocycles. The van der Waals surface area contributed by atoms with E-state index < -0.39 is 0 Å². The molecule has 1 N–H and O–H groups in total.